The Morgan fingerprint density at radius 1 is 0.973 bits per heavy atom. The molecule has 0 N–H and O–H groups in total. The van der Waals surface area contributed by atoms with Gasteiger partial charge in [0.2, 0.25) is 0 Å². The fourth-order valence-electron chi connectivity index (χ4n) is 4.82. The number of halogens is 3. The summed E-state index contributed by atoms with van der Waals surface area (Å²) in [6.07, 6.45) is 3.75. The SMILES string of the molecule is Cc1nc2nc([C@@H]3C[C@@H](C)O[C@H](c4cnn(C5CC5)c4)C3)nc(-c3ccc(C(F)(F)F)cn3)c2nc1C. The van der Waals surface area contributed by atoms with Gasteiger partial charge < -0.3 is 4.74 Å². The first kappa shape index (κ1) is 23.9. The van der Waals surface area contributed by atoms with Crippen molar-refractivity contribution in [2.75, 3.05) is 0 Å². The Hall–Kier alpha value is -3.47. The zero-order valence-corrected chi connectivity index (χ0v) is 20.7. The maximum atomic E-state index is 13.1. The van der Waals surface area contributed by atoms with Gasteiger partial charge in [0, 0.05) is 23.9 Å². The lowest BCUT2D eigenvalue weighted by molar-refractivity contribution is -0.137. The van der Waals surface area contributed by atoms with Crippen molar-refractivity contribution in [3.05, 3.63) is 59.1 Å². The van der Waals surface area contributed by atoms with Crippen LogP contribution in [0.4, 0.5) is 13.2 Å². The van der Waals surface area contributed by atoms with Crippen LogP contribution in [0.25, 0.3) is 22.6 Å². The minimum atomic E-state index is -4.47. The van der Waals surface area contributed by atoms with Crippen LogP contribution >= 0.6 is 0 Å². The van der Waals surface area contributed by atoms with Gasteiger partial charge in [0.15, 0.2) is 5.65 Å². The Kier molecular flexibility index (Phi) is 5.70. The van der Waals surface area contributed by atoms with Crippen LogP contribution in [0.5, 0.6) is 0 Å². The van der Waals surface area contributed by atoms with Crippen LogP contribution in [0.2, 0.25) is 0 Å². The van der Waals surface area contributed by atoms with Crippen molar-refractivity contribution in [2.24, 2.45) is 0 Å². The van der Waals surface area contributed by atoms with E-state index in [1.54, 1.807) is 0 Å². The average Bonchev–Trinajstić information content (AvgIpc) is 3.59. The van der Waals surface area contributed by atoms with Crippen LogP contribution in [-0.2, 0) is 10.9 Å². The summed E-state index contributed by atoms with van der Waals surface area (Å²) in [6.45, 7) is 5.70. The number of nitrogens with zero attached hydrogens (tertiary/aromatic N) is 7. The van der Waals surface area contributed by atoms with E-state index in [2.05, 4.69) is 26.2 Å². The van der Waals surface area contributed by atoms with Crippen molar-refractivity contribution >= 4 is 11.2 Å². The van der Waals surface area contributed by atoms with Gasteiger partial charge in [-0.1, -0.05) is 0 Å². The number of aromatic nitrogens is 7. The lowest BCUT2D eigenvalue weighted by Crippen LogP contribution is -2.26. The van der Waals surface area contributed by atoms with Crippen LogP contribution in [0.1, 0.15) is 79.0 Å². The highest BCUT2D eigenvalue weighted by Gasteiger charge is 2.34. The third-order valence-electron chi connectivity index (χ3n) is 7.08. The molecule has 6 rings (SSSR count). The van der Waals surface area contributed by atoms with Crippen molar-refractivity contribution < 1.29 is 17.9 Å². The minimum absolute atomic E-state index is 0.0363. The van der Waals surface area contributed by atoms with E-state index in [9.17, 15) is 13.2 Å². The van der Waals surface area contributed by atoms with Gasteiger partial charge in [-0.25, -0.2) is 19.9 Å². The van der Waals surface area contributed by atoms with E-state index in [0.29, 0.717) is 53.0 Å². The molecule has 8 nitrogen and oxygen atoms in total. The van der Waals surface area contributed by atoms with E-state index >= 15 is 0 Å². The quantitative estimate of drug-likeness (QED) is 0.350. The predicted octanol–water partition coefficient (Wildman–Crippen LogP) is 5.67. The smallest absolute Gasteiger partial charge is 0.370 e. The highest BCUT2D eigenvalue weighted by molar-refractivity contribution is 5.85. The van der Waals surface area contributed by atoms with E-state index in [0.717, 1.165) is 36.4 Å². The molecule has 1 aliphatic carbocycles. The van der Waals surface area contributed by atoms with Crippen molar-refractivity contribution in [2.45, 2.75) is 76.8 Å². The molecule has 3 atom stereocenters. The van der Waals surface area contributed by atoms with E-state index in [4.69, 9.17) is 14.7 Å². The molecule has 0 radical (unpaired) electrons. The average molecular weight is 510 g/mol. The number of ether oxygens (including phenoxy) is 1. The summed E-state index contributed by atoms with van der Waals surface area (Å²) in [7, 11) is 0. The monoisotopic (exact) mass is 509 g/mol. The Balaban J connectivity index is 1.40. The van der Waals surface area contributed by atoms with Gasteiger partial charge >= 0.3 is 6.18 Å². The van der Waals surface area contributed by atoms with Gasteiger partial charge in [-0.15, -0.1) is 0 Å². The Morgan fingerprint density at radius 2 is 1.76 bits per heavy atom. The number of aryl methyl sites for hydroxylation is 2. The van der Waals surface area contributed by atoms with Crippen LogP contribution < -0.4 is 0 Å². The fraction of sp³-hybridized carbons (Fsp3) is 0.462. The topological polar surface area (TPSA) is 91.5 Å². The number of hydrogen-bond donors (Lipinski definition) is 0. The second-order valence-electron chi connectivity index (χ2n) is 10.0. The van der Waals surface area contributed by atoms with Crippen molar-refractivity contribution in [3.63, 3.8) is 0 Å². The molecule has 5 heterocycles. The molecule has 37 heavy (non-hydrogen) atoms. The van der Waals surface area contributed by atoms with Gasteiger partial charge in [0.1, 0.15) is 17.0 Å². The standard InChI is InChI=1S/C26H26F3N7O/c1-13-8-16(9-21(37-13)17-10-31-36(12-17)19-5-6-19)24-34-22(20-7-4-18(11-30-20)26(27,28)29)23-25(35-24)33-15(3)14(2)32-23/h4,7,10-13,16,19,21H,5-6,8-9H2,1-3H3/t13-,16-,21+/m1/s1. The minimum Gasteiger partial charge on any atom is -0.370 e. The molecule has 2 aliphatic rings. The molecule has 0 spiro atoms. The van der Waals surface area contributed by atoms with Gasteiger partial charge in [0.05, 0.1) is 47.1 Å². The molecule has 1 saturated carbocycles. The molecule has 2 fully saturated rings. The molecule has 1 aliphatic heterocycles. The summed E-state index contributed by atoms with van der Waals surface area (Å²) in [5, 5.41) is 4.51. The van der Waals surface area contributed by atoms with Crippen LogP contribution in [0.3, 0.4) is 0 Å². The van der Waals surface area contributed by atoms with Crippen molar-refractivity contribution in [3.8, 4) is 11.4 Å². The Morgan fingerprint density at radius 3 is 2.46 bits per heavy atom. The molecule has 0 aromatic carbocycles. The van der Waals surface area contributed by atoms with E-state index < -0.39 is 11.7 Å². The van der Waals surface area contributed by atoms with E-state index in [1.807, 2.05) is 31.6 Å². The van der Waals surface area contributed by atoms with E-state index in [-0.39, 0.29) is 18.1 Å². The maximum absolute atomic E-state index is 13.1. The molecular weight excluding hydrogens is 483 g/mol. The number of pyridine rings is 1. The lowest BCUT2D eigenvalue weighted by atomic mass is 9.89. The number of fused-ring (bicyclic) bond motifs is 1. The Labute approximate surface area is 211 Å². The summed E-state index contributed by atoms with van der Waals surface area (Å²) in [5.74, 6) is 0.524. The summed E-state index contributed by atoms with van der Waals surface area (Å²) in [6, 6.07) is 2.82. The summed E-state index contributed by atoms with van der Waals surface area (Å²) in [5.41, 5.74) is 3.13. The van der Waals surface area contributed by atoms with Gasteiger partial charge in [-0.05, 0) is 58.6 Å². The fourth-order valence-corrected chi connectivity index (χ4v) is 4.82. The lowest BCUT2D eigenvalue weighted by Gasteiger charge is -2.33. The highest BCUT2D eigenvalue weighted by atomic mass is 19.4. The van der Waals surface area contributed by atoms with Crippen LogP contribution in [0.15, 0.2) is 30.7 Å². The second-order valence-corrected chi connectivity index (χ2v) is 10.0. The molecule has 11 heteroatoms. The number of hydrogen-bond acceptors (Lipinski definition) is 7. The van der Waals surface area contributed by atoms with Crippen molar-refractivity contribution in [1.29, 1.82) is 0 Å². The van der Waals surface area contributed by atoms with Crippen LogP contribution in [0, 0.1) is 13.8 Å². The van der Waals surface area contributed by atoms with E-state index in [1.165, 1.54) is 6.07 Å². The molecule has 0 unspecified atom stereocenters. The largest absolute Gasteiger partial charge is 0.417 e. The normalized spacial score (nSPS) is 22.5. The molecule has 0 amide bonds. The van der Waals surface area contributed by atoms with Gasteiger partial charge in [-0.2, -0.15) is 18.3 Å². The molecular formula is C26H26F3N7O. The predicted molar refractivity (Wildman–Crippen MR) is 129 cm³/mol. The van der Waals surface area contributed by atoms with Gasteiger partial charge in [0.25, 0.3) is 0 Å². The zero-order valence-electron chi connectivity index (χ0n) is 20.7. The zero-order chi connectivity index (χ0) is 25.9. The highest BCUT2D eigenvalue weighted by Crippen LogP contribution is 2.41. The summed E-state index contributed by atoms with van der Waals surface area (Å²) >= 11 is 0. The maximum Gasteiger partial charge on any atom is 0.417 e. The molecule has 192 valence electrons. The summed E-state index contributed by atoms with van der Waals surface area (Å²) in [4.78, 5) is 23.0. The number of alkyl halides is 3. The molecule has 4 aromatic heterocycles. The molecule has 4 aromatic rings. The first-order valence-corrected chi connectivity index (χ1v) is 12.4. The molecule has 1 saturated heterocycles. The Bertz CT molecular complexity index is 1460. The first-order valence-electron chi connectivity index (χ1n) is 12.4. The first-order chi connectivity index (χ1) is 17.7. The van der Waals surface area contributed by atoms with Gasteiger partial charge in [-0.3, -0.25) is 9.67 Å². The summed E-state index contributed by atoms with van der Waals surface area (Å²) < 4.78 is 47.7. The van der Waals surface area contributed by atoms with Crippen molar-refractivity contribution in [1.82, 2.24) is 34.7 Å². The third kappa shape index (κ3) is 4.68. The third-order valence-corrected chi connectivity index (χ3v) is 7.08. The molecule has 0 bridgehead atoms. The number of rotatable bonds is 4. The van der Waals surface area contributed by atoms with Crippen LogP contribution in [-0.4, -0.2) is 40.8 Å². The second kappa shape index (κ2) is 8.83.